The molecule has 104 valence electrons. The highest BCUT2D eigenvalue weighted by atomic mass is 16.5. The number of Topliss-reactive ketones (excluding diaryl/α,β-unsaturated/α-hetero) is 1. The minimum Gasteiger partial charge on any atom is -0.493 e. The Hall–Kier alpha value is -1.55. The quantitative estimate of drug-likeness (QED) is 0.904. The van der Waals surface area contributed by atoms with E-state index >= 15 is 0 Å². The summed E-state index contributed by atoms with van der Waals surface area (Å²) in [7, 11) is 5.17. The maximum Gasteiger partial charge on any atom is 0.161 e. The molecule has 0 spiro atoms. The van der Waals surface area contributed by atoms with Gasteiger partial charge in [0.2, 0.25) is 0 Å². The SMILES string of the molecule is CNC1CCC(=O)C(c2ccc(OC)c(OC)c2)C1. The van der Waals surface area contributed by atoms with Crippen molar-refractivity contribution in [2.45, 2.75) is 31.2 Å². The van der Waals surface area contributed by atoms with Gasteiger partial charge in [-0.05, 0) is 37.6 Å². The summed E-state index contributed by atoms with van der Waals surface area (Å²) in [5, 5.41) is 3.27. The Morgan fingerprint density at radius 1 is 1.21 bits per heavy atom. The minimum absolute atomic E-state index is 0.0361. The summed E-state index contributed by atoms with van der Waals surface area (Å²) in [5.74, 6) is 1.66. The molecule has 0 aliphatic heterocycles. The number of carbonyl (C=O) groups is 1. The van der Waals surface area contributed by atoms with Crippen molar-refractivity contribution in [3.63, 3.8) is 0 Å². The molecule has 0 saturated heterocycles. The molecule has 1 aliphatic carbocycles. The number of nitrogens with one attached hydrogen (secondary N) is 1. The third-order valence-corrected chi connectivity index (χ3v) is 3.87. The van der Waals surface area contributed by atoms with E-state index in [0.29, 0.717) is 29.7 Å². The number of ketones is 1. The Labute approximate surface area is 114 Å². The molecule has 0 heterocycles. The monoisotopic (exact) mass is 263 g/mol. The summed E-state index contributed by atoms with van der Waals surface area (Å²) in [6.45, 7) is 0. The Bertz CT molecular complexity index is 459. The number of benzene rings is 1. The van der Waals surface area contributed by atoms with Gasteiger partial charge in [-0.3, -0.25) is 4.79 Å². The van der Waals surface area contributed by atoms with Gasteiger partial charge >= 0.3 is 0 Å². The number of hydrogen-bond donors (Lipinski definition) is 1. The van der Waals surface area contributed by atoms with Crippen molar-refractivity contribution < 1.29 is 14.3 Å². The van der Waals surface area contributed by atoms with Gasteiger partial charge in [0.1, 0.15) is 5.78 Å². The van der Waals surface area contributed by atoms with Crippen LogP contribution >= 0.6 is 0 Å². The lowest BCUT2D eigenvalue weighted by atomic mass is 9.80. The molecule has 1 fully saturated rings. The van der Waals surface area contributed by atoms with Crippen molar-refractivity contribution in [3.8, 4) is 11.5 Å². The van der Waals surface area contributed by atoms with Gasteiger partial charge in [0.05, 0.1) is 14.2 Å². The van der Waals surface area contributed by atoms with Crippen LogP contribution in [0.4, 0.5) is 0 Å². The molecule has 4 nitrogen and oxygen atoms in total. The number of rotatable bonds is 4. The zero-order valence-corrected chi connectivity index (χ0v) is 11.7. The molecule has 2 unspecified atom stereocenters. The zero-order chi connectivity index (χ0) is 13.8. The second-order valence-electron chi connectivity index (χ2n) is 4.89. The van der Waals surface area contributed by atoms with Crippen LogP contribution in [0.15, 0.2) is 18.2 Å². The molecule has 1 saturated carbocycles. The van der Waals surface area contributed by atoms with E-state index in [4.69, 9.17) is 9.47 Å². The fourth-order valence-electron chi connectivity index (χ4n) is 2.68. The molecule has 1 aliphatic rings. The van der Waals surface area contributed by atoms with E-state index in [9.17, 15) is 4.79 Å². The van der Waals surface area contributed by atoms with Crippen LogP contribution < -0.4 is 14.8 Å². The Morgan fingerprint density at radius 2 is 1.95 bits per heavy atom. The summed E-state index contributed by atoms with van der Waals surface area (Å²) < 4.78 is 10.5. The highest BCUT2D eigenvalue weighted by Crippen LogP contribution is 2.35. The molecule has 0 aromatic heterocycles. The highest BCUT2D eigenvalue weighted by Gasteiger charge is 2.29. The highest BCUT2D eigenvalue weighted by molar-refractivity contribution is 5.86. The van der Waals surface area contributed by atoms with E-state index in [1.165, 1.54) is 0 Å². The van der Waals surface area contributed by atoms with Crippen LogP contribution in [0.2, 0.25) is 0 Å². The average molecular weight is 263 g/mol. The Morgan fingerprint density at radius 3 is 2.58 bits per heavy atom. The molecule has 0 amide bonds. The van der Waals surface area contributed by atoms with Gasteiger partial charge in [0, 0.05) is 18.4 Å². The standard InChI is InChI=1S/C15H21NO3/c1-16-11-5-6-13(17)12(9-11)10-4-7-14(18-2)15(8-10)19-3/h4,7-8,11-12,16H,5-6,9H2,1-3H3. The van der Waals surface area contributed by atoms with Gasteiger partial charge in [-0.1, -0.05) is 6.07 Å². The normalized spacial score (nSPS) is 23.2. The fourth-order valence-corrected chi connectivity index (χ4v) is 2.68. The first-order chi connectivity index (χ1) is 9.19. The predicted octanol–water partition coefficient (Wildman–Crippen LogP) is 2.13. The summed E-state index contributed by atoms with van der Waals surface area (Å²) >= 11 is 0. The van der Waals surface area contributed by atoms with Crippen LogP contribution in [0.1, 0.15) is 30.7 Å². The van der Waals surface area contributed by atoms with E-state index in [1.54, 1.807) is 14.2 Å². The summed E-state index contributed by atoms with van der Waals surface area (Å²) in [6, 6.07) is 6.15. The van der Waals surface area contributed by atoms with Crippen LogP contribution in [0, 0.1) is 0 Å². The average Bonchev–Trinajstić information content (AvgIpc) is 2.47. The van der Waals surface area contributed by atoms with Crippen LogP contribution in [0.5, 0.6) is 11.5 Å². The topological polar surface area (TPSA) is 47.6 Å². The van der Waals surface area contributed by atoms with Crippen LogP contribution in [0.3, 0.4) is 0 Å². The van der Waals surface area contributed by atoms with Crippen molar-refractivity contribution in [1.29, 1.82) is 0 Å². The maximum atomic E-state index is 12.1. The molecular formula is C15H21NO3. The van der Waals surface area contributed by atoms with Crippen molar-refractivity contribution in [3.05, 3.63) is 23.8 Å². The first-order valence-electron chi connectivity index (χ1n) is 6.61. The second-order valence-corrected chi connectivity index (χ2v) is 4.89. The molecule has 4 heteroatoms. The predicted molar refractivity (Wildman–Crippen MR) is 74.0 cm³/mol. The number of ether oxygens (including phenoxy) is 2. The van der Waals surface area contributed by atoms with Gasteiger partial charge in [-0.25, -0.2) is 0 Å². The number of hydrogen-bond acceptors (Lipinski definition) is 4. The number of carbonyl (C=O) groups excluding carboxylic acids is 1. The van der Waals surface area contributed by atoms with Crippen molar-refractivity contribution in [2.24, 2.45) is 0 Å². The first kappa shape index (κ1) is 13.9. The molecule has 0 radical (unpaired) electrons. The third kappa shape index (κ3) is 2.89. The lowest BCUT2D eigenvalue weighted by Gasteiger charge is -2.28. The molecule has 1 aromatic rings. The second kappa shape index (κ2) is 6.06. The van der Waals surface area contributed by atoms with Gasteiger partial charge in [-0.2, -0.15) is 0 Å². The molecule has 1 aromatic carbocycles. The summed E-state index contributed by atoms with van der Waals surface area (Å²) in [6.07, 6.45) is 2.43. The van der Waals surface area contributed by atoms with Gasteiger partial charge in [0.15, 0.2) is 11.5 Å². The van der Waals surface area contributed by atoms with E-state index in [-0.39, 0.29) is 5.92 Å². The summed E-state index contributed by atoms with van der Waals surface area (Å²) in [4.78, 5) is 12.1. The van der Waals surface area contributed by atoms with Crippen LogP contribution in [-0.4, -0.2) is 33.1 Å². The van der Waals surface area contributed by atoms with E-state index in [0.717, 1.165) is 18.4 Å². The Kier molecular flexibility index (Phi) is 4.43. The van der Waals surface area contributed by atoms with Crippen molar-refractivity contribution in [1.82, 2.24) is 5.32 Å². The van der Waals surface area contributed by atoms with Crippen LogP contribution in [0.25, 0.3) is 0 Å². The lowest BCUT2D eigenvalue weighted by Crippen LogP contribution is -2.34. The third-order valence-electron chi connectivity index (χ3n) is 3.87. The fraction of sp³-hybridized carbons (Fsp3) is 0.533. The van der Waals surface area contributed by atoms with Crippen LogP contribution in [-0.2, 0) is 4.79 Å². The summed E-state index contributed by atoms with van der Waals surface area (Å²) in [5.41, 5.74) is 1.02. The maximum absolute atomic E-state index is 12.1. The largest absolute Gasteiger partial charge is 0.493 e. The van der Waals surface area contributed by atoms with Gasteiger partial charge < -0.3 is 14.8 Å². The molecular weight excluding hydrogens is 242 g/mol. The lowest BCUT2D eigenvalue weighted by molar-refractivity contribution is -0.122. The van der Waals surface area contributed by atoms with E-state index in [2.05, 4.69) is 5.32 Å². The smallest absolute Gasteiger partial charge is 0.161 e. The van der Waals surface area contributed by atoms with Gasteiger partial charge in [0.25, 0.3) is 0 Å². The van der Waals surface area contributed by atoms with Gasteiger partial charge in [-0.15, -0.1) is 0 Å². The van der Waals surface area contributed by atoms with E-state index < -0.39 is 0 Å². The molecule has 2 rings (SSSR count). The van der Waals surface area contributed by atoms with E-state index in [1.807, 2.05) is 25.2 Å². The molecule has 1 N–H and O–H groups in total. The molecule has 2 atom stereocenters. The molecule has 19 heavy (non-hydrogen) atoms. The van der Waals surface area contributed by atoms with Crippen molar-refractivity contribution in [2.75, 3.05) is 21.3 Å². The molecule has 0 bridgehead atoms. The first-order valence-corrected chi connectivity index (χ1v) is 6.61. The number of methoxy groups -OCH3 is 2. The Balaban J connectivity index is 2.27. The van der Waals surface area contributed by atoms with Crippen molar-refractivity contribution >= 4 is 5.78 Å². The zero-order valence-electron chi connectivity index (χ0n) is 11.7. The minimum atomic E-state index is -0.0361.